The lowest BCUT2D eigenvalue weighted by atomic mass is 10.2. The van der Waals surface area contributed by atoms with Gasteiger partial charge in [0, 0.05) is 24.0 Å². The number of benzene rings is 1. The number of rotatable bonds is 4. The highest BCUT2D eigenvalue weighted by Gasteiger charge is 2.13. The van der Waals surface area contributed by atoms with E-state index >= 15 is 0 Å². The van der Waals surface area contributed by atoms with E-state index in [9.17, 15) is 9.90 Å². The largest absolute Gasteiger partial charge is 0.507 e. The molecule has 1 aromatic carbocycles. The number of hydrogen-bond donors (Lipinski definition) is 1. The van der Waals surface area contributed by atoms with Crippen LogP contribution in [0.15, 0.2) is 35.7 Å². The number of phenols is 1. The molecule has 0 unspecified atom stereocenters. The van der Waals surface area contributed by atoms with Crippen molar-refractivity contribution in [2.75, 3.05) is 13.6 Å². The molecule has 100 valence electrons. The average molecular weight is 387 g/mol. The minimum absolute atomic E-state index is 0.0664. The van der Waals surface area contributed by atoms with Gasteiger partial charge in [0.15, 0.2) is 0 Å². The fraction of sp³-hybridized carbons (Fsp3) is 0.214. The van der Waals surface area contributed by atoms with Gasteiger partial charge in [0.25, 0.3) is 5.91 Å². The minimum atomic E-state index is -0.0664. The lowest BCUT2D eigenvalue weighted by Crippen LogP contribution is -2.28. The molecule has 2 rings (SSSR count). The molecule has 5 heteroatoms. The molecule has 0 aliphatic rings. The van der Waals surface area contributed by atoms with Gasteiger partial charge in [0.1, 0.15) is 5.75 Å². The number of amides is 1. The van der Waals surface area contributed by atoms with Gasteiger partial charge in [0.05, 0.1) is 3.57 Å². The third kappa shape index (κ3) is 3.70. The summed E-state index contributed by atoms with van der Waals surface area (Å²) in [5.74, 6) is 0.0846. The number of halogens is 1. The zero-order valence-corrected chi connectivity index (χ0v) is 13.4. The van der Waals surface area contributed by atoms with E-state index in [0.29, 0.717) is 12.1 Å². The van der Waals surface area contributed by atoms with E-state index in [1.807, 2.05) is 34.0 Å². The van der Waals surface area contributed by atoms with Crippen LogP contribution in [0.1, 0.15) is 15.2 Å². The molecule has 0 atom stereocenters. The smallest absolute Gasteiger partial charge is 0.253 e. The molecule has 1 heterocycles. The van der Waals surface area contributed by atoms with Gasteiger partial charge < -0.3 is 10.0 Å². The molecule has 0 spiro atoms. The summed E-state index contributed by atoms with van der Waals surface area (Å²) in [7, 11) is 1.78. The maximum absolute atomic E-state index is 12.2. The Labute approximate surface area is 130 Å². The summed E-state index contributed by atoms with van der Waals surface area (Å²) >= 11 is 3.73. The van der Waals surface area contributed by atoms with E-state index in [0.717, 1.165) is 9.99 Å². The summed E-state index contributed by atoms with van der Waals surface area (Å²) in [6.45, 7) is 0.673. The molecule has 0 radical (unpaired) electrons. The van der Waals surface area contributed by atoms with E-state index in [-0.39, 0.29) is 11.7 Å². The van der Waals surface area contributed by atoms with E-state index < -0.39 is 0 Å². The lowest BCUT2D eigenvalue weighted by Gasteiger charge is -2.17. The van der Waals surface area contributed by atoms with Crippen molar-refractivity contribution in [2.24, 2.45) is 0 Å². The minimum Gasteiger partial charge on any atom is -0.507 e. The molecule has 0 saturated heterocycles. The summed E-state index contributed by atoms with van der Waals surface area (Å²) in [6.07, 6.45) is 0.857. The summed E-state index contributed by atoms with van der Waals surface area (Å²) in [5, 5.41) is 11.7. The Morgan fingerprint density at radius 1 is 1.42 bits per heavy atom. The number of phenolic OH excluding ortho intramolecular Hbond substituents is 1. The van der Waals surface area contributed by atoms with Crippen LogP contribution in [0.5, 0.6) is 5.75 Å². The van der Waals surface area contributed by atoms with Crippen molar-refractivity contribution < 1.29 is 9.90 Å². The second-order valence-electron chi connectivity index (χ2n) is 4.22. The predicted molar refractivity (Wildman–Crippen MR) is 85.8 cm³/mol. The Kier molecular flexibility index (Phi) is 4.81. The predicted octanol–water partition coefficient (Wildman–Crippen LogP) is 3.37. The third-order valence-electron chi connectivity index (χ3n) is 2.81. The van der Waals surface area contributed by atoms with E-state index in [2.05, 4.69) is 6.07 Å². The highest BCUT2D eigenvalue weighted by atomic mass is 127. The summed E-state index contributed by atoms with van der Waals surface area (Å²) in [4.78, 5) is 15.1. The van der Waals surface area contributed by atoms with Crippen molar-refractivity contribution in [3.8, 4) is 5.75 Å². The summed E-state index contributed by atoms with van der Waals surface area (Å²) < 4.78 is 0.746. The van der Waals surface area contributed by atoms with Crippen LogP contribution < -0.4 is 0 Å². The molecule has 1 aromatic heterocycles. The zero-order valence-electron chi connectivity index (χ0n) is 10.5. The van der Waals surface area contributed by atoms with Crippen molar-refractivity contribution in [3.63, 3.8) is 0 Å². The number of hydrogen-bond acceptors (Lipinski definition) is 3. The SMILES string of the molecule is CN(CCc1cccs1)C(=O)c1ccc(I)c(O)c1. The van der Waals surface area contributed by atoms with Crippen LogP contribution in [0.4, 0.5) is 0 Å². The Morgan fingerprint density at radius 3 is 2.84 bits per heavy atom. The number of nitrogens with zero attached hydrogens (tertiary/aromatic N) is 1. The first-order chi connectivity index (χ1) is 9.08. The van der Waals surface area contributed by atoms with Gasteiger partial charge in [-0.1, -0.05) is 6.07 Å². The molecule has 19 heavy (non-hydrogen) atoms. The van der Waals surface area contributed by atoms with E-state index in [1.165, 1.54) is 10.9 Å². The molecule has 0 bridgehead atoms. The highest BCUT2D eigenvalue weighted by Crippen LogP contribution is 2.21. The van der Waals surface area contributed by atoms with Crippen molar-refractivity contribution >= 4 is 39.8 Å². The molecule has 1 N–H and O–H groups in total. The molecule has 0 saturated carbocycles. The molecule has 3 nitrogen and oxygen atoms in total. The maximum atomic E-state index is 12.2. The normalized spacial score (nSPS) is 10.4. The zero-order chi connectivity index (χ0) is 13.8. The van der Waals surface area contributed by atoms with Gasteiger partial charge in [-0.15, -0.1) is 11.3 Å². The van der Waals surface area contributed by atoms with Gasteiger partial charge >= 0.3 is 0 Å². The molecule has 1 amide bonds. The van der Waals surface area contributed by atoms with Gasteiger partial charge in [-0.05, 0) is 58.7 Å². The number of aromatic hydroxyl groups is 1. The average Bonchev–Trinajstić information content (AvgIpc) is 2.91. The Bertz CT molecular complexity index is 569. The van der Waals surface area contributed by atoms with Crippen molar-refractivity contribution in [2.45, 2.75) is 6.42 Å². The van der Waals surface area contributed by atoms with Gasteiger partial charge in [-0.3, -0.25) is 4.79 Å². The molecular weight excluding hydrogens is 373 g/mol. The third-order valence-corrected chi connectivity index (χ3v) is 4.66. The standard InChI is InChI=1S/C14H14INO2S/c1-16(7-6-11-3-2-8-19-11)14(18)10-4-5-12(15)13(17)9-10/h2-5,8-9,17H,6-7H2,1H3. The molecule has 0 fully saturated rings. The van der Waals surface area contributed by atoms with Crippen molar-refractivity contribution in [1.82, 2.24) is 4.90 Å². The van der Waals surface area contributed by atoms with Crippen LogP contribution in [0.2, 0.25) is 0 Å². The van der Waals surface area contributed by atoms with E-state index in [1.54, 1.807) is 35.4 Å². The maximum Gasteiger partial charge on any atom is 0.253 e. The Morgan fingerprint density at radius 2 is 2.21 bits per heavy atom. The number of likely N-dealkylation sites (N-methyl/N-ethyl adjacent to an activating group) is 1. The molecule has 2 aromatic rings. The van der Waals surface area contributed by atoms with Crippen molar-refractivity contribution in [3.05, 3.63) is 49.7 Å². The Balaban J connectivity index is 2.00. The van der Waals surface area contributed by atoms with Gasteiger partial charge in [0.2, 0.25) is 0 Å². The molecular formula is C14H14INO2S. The van der Waals surface area contributed by atoms with E-state index in [4.69, 9.17) is 0 Å². The fourth-order valence-corrected chi connectivity index (χ4v) is 2.73. The van der Waals surface area contributed by atoms with Gasteiger partial charge in [-0.25, -0.2) is 0 Å². The first-order valence-corrected chi connectivity index (χ1v) is 7.80. The number of carbonyl (C=O) groups excluding carboxylic acids is 1. The van der Waals surface area contributed by atoms with Crippen molar-refractivity contribution in [1.29, 1.82) is 0 Å². The quantitative estimate of drug-likeness (QED) is 0.818. The van der Waals surface area contributed by atoms with Crippen LogP contribution >= 0.6 is 33.9 Å². The van der Waals surface area contributed by atoms with Crippen LogP contribution in [0, 0.1) is 3.57 Å². The second kappa shape index (κ2) is 6.38. The monoisotopic (exact) mass is 387 g/mol. The van der Waals surface area contributed by atoms with Crippen LogP contribution in [0.3, 0.4) is 0 Å². The Hall–Kier alpha value is -1.08. The lowest BCUT2D eigenvalue weighted by molar-refractivity contribution is 0.0796. The molecule has 0 aliphatic carbocycles. The topological polar surface area (TPSA) is 40.5 Å². The first kappa shape index (κ1) is 14.3. The summed E-state index contributed by atoms with van der Waals surface area (Å²) in [5.41, 5.74) is 0.520. The number of carbonyl (C=O) groups is 1. The molecule has 0 aliphatic heterocycles. The van der Waals surface area contributed by atoms with Crippen LogP contribution in [0.25, 0.3) is 0 Å². The van der Waals surface area contributed by atoms with Crippen LogP contribution in [-0.4, -0.2) is 29.5 Å². The fourth-order valence-electron chi connectivity index (χ4n) is 1.70. The highest BCUT2D eigenvalue weighted by molar-refractivity contribution is 14.1. The second-order valence-corrected chi connectivity index (χ2v) is 6.42. The first-order valence-electron chi connectivity index (χ1n) is 5.84. The van der Waals surface area contributed by atoms with Gasteiger partial charge in [-0.2, -0.15) is 0 Å². The summed E-state index contributed by atoms with van der Waals surface area (Å²) in [6, 6.07) is 9.09. The van der Waals surface area contributed by atoms with Crippen LogP contribution in [-0.2, 0) is 6.42 Å². The number of thiophene rings is 1.